The number of aromatic nitrogens is 2. The number of aryl methyl sites for hydroxylation is 1. The molecule has 0 bridgehead atoms. The molecule has 8 heteroatoms. The second kappa shape index (κ2) is 10.7. The van der Waals surface area contributed by atoms with Gasteiger partial charge in [0.05, 0.1) is 11.4 Å². The van der Waals surface area contributed by atoms with Crippen molar-refractivity contribution in [1.29, 1.82) is 0 Å². The van der Waals surface area contributed by atoms with Crippen molar-refractivity contribution in [3.8, 4) is 22.8 Å². The van der Waals surface area contributed by atoms with Crippen molar-refractivity contribution in [3.63, 3.8) is 0 Å². The quantitative estimate of drug-likeness (QED) is 0.364. The minimum Gasteiger partial charge on any atom is -0.473 e. The Labute approximate surface area is 211 Å². The minimum absolute atomic E-state index is 0.0312. The second-order valence-corrected chi connectivity index (χ2v) is 10.0. The van der Waals surface area contributed by atoms with Gasteiger partial charge in [0.25, 0.3) is 0 Å². The Bertz CT molecular complexity index is 1150. The second-order valence-electron chi connectivity index (χ2n) is 9.57. The molecule has 0 radical (unpaired) electrons. The first-order valence-electron chi connectivity index (χ1n) is 12.0. The lowest BCUT2D eigenvalue weighted by Gasteiger charge is -2.30. The molecule has 35 heavy (non-hydrogen) atoms. The third-order valence-electron chi connectivity index (χ3n) is 5.71. The van der Waals surface area contributed by atoms with E-state index in [-0.39, 0.29) is 6.10 Å². The molecule has 0 N–H and O–H groups in total. The van der Waals surface area contributed by atoms with E-state index in [9.17, 15) is 4.79 Å². The number of benzene rings is 2. The van der Waals surface area contributed by atoms with Crippen molar-refractivity contribution in [3.05, 3.63) is 65.2 Å². The standard InChI is InChI=1S/C27H32ClN3O4/c1-5-19-8-6-7-9-23(19)31-24(20-10-12-21(28)13-11-20)18-25(29-31)33-22-14-16-30(17-15-22)35-26(32)34-27(2,3)4/h6-13,18,22H,5,14-17H2,1-4H3. The number of carbonyl (C=O) groups is 1. The number of piperidine rings is 1. The zero-order chi connectivity index (χ0) is 25.0. The average Bonchev–Trinajstić information content (AvgIpc) is 3.23. The van der Waals surface area contributed by atoms with Crippen LogP contribution in [-0.2, 0) is 16.0 Å². The molecule has 2 heterocycles. The molecular formula is C27H32ClN3O4. The van der Waals surface area contributed by atoms with Gasteiger partial charge >= 0.3 is 6.16 Å². The molecule has 7 nitrogen and oxygen atoms in total. The van der Waals surface area contributed by atoms with Crippen LogP contribution in [0.4, 0.5) is 4.79 Å². The predicted molar refractivity (Wildman–Crippen MR) is 136 cm³/mol. The highest BCUT2D eigenvalue weighted by molar-refractivity contribution is 6.30. The molecule has 0 spiro atoms. The number of carbonyl (C=O) groups excluding carboxylic acids is 1. The smallest absolute Gasteiger partial charge is 0.473 e. The van der Waals surface area contributed by atoms with Crippen LogP contribution < -0.4 is 4.74 Å². The highest BCUT2D eigenvalue weighted by atomic mass is 35.5. The van der Waals surface area contributed by atoms with E-state index in [2.05, 4.69) is 19.1 Å². The minimum atomic E-state index is -0.683. The van der Waals surface area contributed by atoms with Gasteiger partial charge in [-0.15, -0.1) is 10.2 Å². The monoisotopic (exact) mass is 497 g/mol. The maximum absolute atomic E-state index is 11.9. The molecular weight excluding hydrogens is 466 g/mol. The Morgan fingerprint density at radius 2 is 1.77 bits per heavy atom. The number of hydroxylamine groups is 2. The summed E-state index contributed by atoms with van der Waals surface area (Å²) in [5, 5.41) is 7.15. The summed E-state index contributed by atoms with van der Waals surface area (Å²) in [4.78, 5) is 17.3. The lowest BCUT2D eigenvalue weighted by Crippen LogP contribution is -2.40. The van der Waals surface area contributed by atoms with Crippen molar-refractivity contribution in [2.45, 2.75) is 58.7 Å². The SMILES string of the molecule is CCc1ccccc1-n1nc(OC2CCN(OC(=O)OC(C)(C)C)CC2)cc1-c1ccc(Cl)cc1. The molecule has 0 unspecified atom stereocenters. The number of para-hydroxylation sites is 1. The summed E-state index contributed by atoms with van der Waals surface area (Å²) >= 11 is 6.12. The van der Waals surface area contributed by atoms with E-state index in [1.54, 1.807) is 5.06 Å². The summed E-state index contributed by atoms with van der Waals surface area (Å²) < 4.78 is 13.5. The molecule has 4 rings (SSSR count). The zero-order valence-corrected chi connectivity index (χ0v) is 21.4. The Morgan fingerprint density at radius 1 is 1.09 bits per heavy atom. The third-order valence-corrected chi connectivity index (χ3v) is 5.96. The Kier molecular flexibility index (Phi) is 7.67. The number of nitrogens with zero attached hydrogens (tertiary/aromatic N) is 3. The molecule has 2 aromatic carbocycles. The van der Waals surface area contributed by atoms with Crippen LogP contribution >= 0.6 is 11.6 Å². The topological polar surface area (TPSA) is 65.8 Å². The van der Waals surface area contributed by atoms with Gasteiger partial charge in [-0.05, 0) is 51.0 Å². The van der Waals surface area contributed by atoms with E-state index in [1.165, 1.54) is 5.56 Å². The van der Waals surface area contributed by atoms with Gasteiger partial charge in [-0.3, -0.25) is 0 Å². The number of ether oxygens (including phenoxy) is 2. The van der Waals surface area contributed by atoms with Gasteiger partial charge in [-0.1, -0.05) is 48.9 Å². The molecule has 1 fully saturated rings. The van der Waals surface area contributed by atoms with Crippen LogP contribution in [-0.4, -0.2) is 45.8 Å². The highest BCUT2D eigenvalue weighted by Gasteiger charge is 2.27. The first kappa shape index (κ1) is 25.1. The van der Waals surface area contributed by atoms with Crippen LogP contribution in [0.5, 0.6) is 5.88 Å². The molecule has 186 valence electrons. The Morgan fingerprint density at radius 3 is 2.43 bits per heavy atom. The maximum atomic E-state index is 11.9. The number of hydrogen-bond donors (Lipinski definition) is 0. The first-order chi connectivity index (χ1) is 16.7. The van der Waals surface area contributed by atoms with Gasteiger partial charge in [-0.25, -0.2) is 9.48 Å². The molecule has 0 aliphatic carbocycles. The molecule has 0 saturated carbocycles. The summed E-state index contributed by atoms with van der Waals surface area (Å²) in [5.74, 6) is 0.562. The van der Waals surface area contributed by atoms with Crippen molar-refractivity contribution in [1.82, 2.24) is 14.8 Å². The number of halogens is 1. The van der Waals surface area contributed by atoms with E-state index >= 15 is 0 Å². The van der Waals surface area contributed by atoms with Crippen LogP contribution in [0.3, 0.4) is 0 Å². The van der Waals surface area contributed by atoms with Crippen LogP contribution in [0, 0.1) is 0 Å². The fourth-order valence-corrected chi connectivity index (χ4v) is 4.16. The van der Waals surface area contributed by atoms with Crippen molar-refractivity contribution < 1.29 is 19.1 Å². The lowest BCUT2D eigenvalue weighted by molar-refractivity contribution is -0.159. The molecule has 0 amide bonds. The molecule has 1 aliphatic rings. The lowest BCUT2D eigenvalue weighted by atomic mass is 10.1. The van der Waals surface area contributed by atoms with Gasteiger partial charge in [0.1, 0.15) is 11.7 Å². The van der Waals surface area contributed by atoms with Gasteiger partial charge in [0.15, 0.2) is 0 Å². The number of rotatable bonds is 6. The van der Waals surface area contributed by atoms with Gasteiger partial charge in [-0.2, -0.15) is 0 Å². The molecule has 3 aromatic rings. The summed E-state index contributed by atoms with van der Waals surface area (Å²) in [5.41, 5.74) is 3.57. The normalized spacial score (nSPS) is 15.1. The molecule has 1 saturated heterocycles. The van der Waals surface area contributed by atoms with Crippen molar-refractivity contribution in [2.75, 3.05) is 13.1 Å². The van der Waals surface area contributed by atoms with E-state index in [1.807, 2.05) is 67.9 Å². The van der Waals surface area contributed by atoms with E-state index in [0.717, 1.165) is 23.4 Å². The number of hydrogen-bond acceptors (Lipinski definition) is 6. The van der Waals surface area contributed by atoms with E-state index < -0.39 is 11.8 Å². The predicted octanol–water partition coefficient (Wildman–Crippen LogP) is 6.47. The average molecular weight is 498 g/mol. The van der Waals surface area contributed by atoms with Crippen molar-refractivity contribution in [2.24, 2.45) is 0 Å². The van der Waals surface area contributed by atoms with Gasteiger partial charge in [0, 0.05) is 42.6 Å². The highest BCUT2D eigenvalue weighted by Crippen LogP contribution is 2.31. The summed E-state index contributed by atoms with van der Waals surface area (Å²) in [6, 6.07) is 17.9. The zero-order valence-electron chi connectivity index (χ0n) is 20.7. The van der Waals surface area contributed by atoms with E-state index in [4.69, 9.17) is 31.0 Å². The first-order valence-corrected chi connectivity index (χ1v) is 12.4. The van der Waals surface area contributed by atoms with Gasteiger partial charge in [0.2, 0.25) is 5.88 Å². The molecule has 0 atom stereocenters. The summed E-state index contributed by atoms with van der Waals surface area (Å²) in [6.45, 7) is 8.69. The third kappa shape index (κ3) is 6.55. The molecule has 1 aromatic heterocycles. The van der Waals surface area contributed by atoms with Crippen LogP contribution in [0.1, 0.15) is 46.1 Å². The Balaban J connectivity index is 1.49. The fourth-order valence-electron chi connectivity index (χ4n) is 4.03. The van der Waals surface area contributed by atoms with E-state index in [0.29, 0.717) is 36.8 Å². The summed E-state index contributed by atoms with van der Waals surface area (Å²) in [6.07, 6.45) is 1.59. The summed E-state index contributed by atoms with van der Waals surface area (Å²) in [7, 11) is 0. The van der Waals surface area contributed by atoms with Crippen LogP contribution in [0.2, 0.25) is 5.02 Å². The maximum Gasteiger partial charge on any atom is 0.528 e. The van der Waals surface area contributed by atoms with Crippen molar-refractivity contribution >= 4 is 17.8 Å². The fraction of sp³-hybridized carbons (Fsp3) is 0.407. The van der Waals surface area contributed by atoms with Crippen LogP contribution in [0.15, 0.2) is 54.6 Å². The van der Waals surface area contributed by atoms with Crippen LogP contribution in [0.25, 0.3) is 16.9 Å². The largest absolute Gasteiger partial charge is 0.528 e. The Hall–Kier alpha value is -3.03. The molecule has 1 aliphatic heterocycles. The van der Waals surface area contributed by atoms with Gasteiger partial charge < -0.3 is 14.3 Å².